The van der Waals surface area contributed by atoms with Crippen LogP contribution in [-0.2, 0) is 0 Å². The van der Waals surface area contributed by atoms with Gasteiger partial charge >= 0.3 is 0 Å². The molecule has 2 heterocycles. The monoisotopic (exact) mass is 417 g/mol. The second-order valence-electron chi connectivity index (χ2n) is 6.25. The number of amides is 1. The van der Waals surface area contributed by atoms with Crippen molar-refractivity contribution in [1.29, 1.82) is 0 Å². The number of rotatable bonds is 6. The molecule has 26 heavy (non-hydrogen) atoms. The molecule has 5 nitrogen and oxygen atoms in total. The van der Waals surface area contributed by atoms with Gasteiger partial charge < -0.3 is 10.1 Å². The average molecular weight is 418 g/mol. The number of fused-ring (bicyclic) bond motifs is 1. The molecule has 0 aliphatic heterocycles. The van der Waals surface area contributed by atoms with Crippen molar-refractivity contribution in [2.45, 2.75) is 18.8 Å². The topological polar surface area (TPSA) is 55.6 Å². The van der Waals surface area contributed by atoms with Crippen molar-refractivity contribution in [3.05, 3.63) is 64.3 Å². The summed E-state index contributed by atoms with van der Waals surface area (Å²) in [5.41, 5.74) is 1.76. The van der Waals surface area contributed by atoms with Crippen molar-refractivity contribution in [3.8, 4) is 5.75 Å². The van der Waals surface area contributed by atoms with Gasteiger partial charge in [-0.1, -0.05) is 15.9 Å². The molecule has 1 saturated carbocycles. The molecule has 3 aromatic rings. The molecule has 4 rings (SSSR count). The summed E-state index contributed by atoms with van der Waals surface area (Å²) < 4.78 is 21.7. The Morgan fingerprint density at radius 1 is 1.27 bits per heavy atom. The third kappa shape index (κ3) is 3.58. The molecule has 7 heteroatoms. The van der Waals surface area contributed by atoms with E-state index >= 15 is 0 Å². The Morgan fingerprint density at radius 2 is 2.04 bits per heavy atom. The van der Waals surface area contributed by atoms with Crippen LogP contribution < -0.4 is 10.1 Å². The van der Waals surface area contributed by atoms with Crippen molar-refractivity contribution in [1.82, 2.24) is 14.7 Å². The fourth-order valence-corrected chi connectivity index (χ4v) is 3.12. The molecule has 0 radical (unpaired) electrons. The predicted molar refractivity (Wildman–Crippen MR) is 99.1 cm³/mol. The maximum atomic E-state index is 13.6. The minimum atomic E-state index is -0.398. The molecule has 0 saturated heterocycles. The molecule has 1 aromatic carbocycles. The van der Waals surface area contributed by atoms with Crippen molar-refractivity contribution in [2.24, 2.45) is 0 Å². The van der Waals surface area contributed by atoms with Gasteiger partial charge in [0.25, 0.3) is 5.91 Å². The zero-order chi connectivity index (χ0) is 18.1. The van der Waals surface area contributed by atoms with Crippen molar-refractivity contribution >= 4 is 27.5 Å². The molecule has 1 aliphatic rings. The maximum absolute atomic E-state index is 13.6. The van der Waals surface area contributed by atoms with E-state index < -0.39 is 5.82 Å². The van der Waals surface area contributed by atoms with Crippen LogP contribution >= 0.6 is 15.9 Å². The van der Waals surface area contributed by atoms with Gasteiger partial charge in [0.1, 0.15) is 29.5 Å². The second-order valence-corrected chi connectivity index (χ2v) is 7.17. The molecule has 134 valence electrons. The van der Waals surface area contributed by atoms with Gasteiger partial charge in [0.15, 0.2) is 0 Å². The lowest BCUT2D eigenvalue weighted by molar-refractivity contribution is 0.0940. The molecule has 0 spiro atoms. The summed E-state index contributed by atoms with van der Waals surface area (Å²) in [6, 6.07) is 10.4. The first-order chi connectivity index (χ1) is 12.6. The Morgan fingerprint density at radius 3 is 2.77 bits per heavy atom. The Labute approximate surface area is 158 Å². The highest BCUT2D eigenvalue weighted by Crippen LogP contribution is 2.41. The van der Waals surface area contributed by atoms with E-state index in [0.29, 0.717) is 24.5 Å². The molecule has 0 unspecified atom stereocenters. The Hall–Kier alpha value is -2.41. The van der Waals surface area contributed by atoms with Crippen molar-refractivity contribution in [2.75, 3.05) is 13.2 Å². The van der Waals surface area contributed by atoms with Gasteiger partial charge in [0, 0.05) is 16.6 Å². The standard InChI is InChI=1S/C19H17BrFN3O2/c20-13-3-6-15(7-4-13)26-10-9-22-19(25)18-17(12-1-2-12)23-16-8-5-14(21)11-24(16)18/h3-8,11-12H,1-2,9-10H2,(H,22,25). The van der Waals surface area contributed by atoms with E-state index in [4.69, 9.17) is 4.74 Å². The summed E-state index contributed by atoms with van der Waals surface area (Å²) in [6.07, 6.45) is 3.33. The maximum Gasteiger partial charge on any atom is 0.270 e. The van der Waals surface area contributed by atoms with Crippen molar-refractivity contribution in [3.63, 3.8) is 0 Å². The predicted octanol–water partition coefficient (Wildman–Crippen LogP) is 3.92. The third-order valence-corrected chi connectivity index (χ3v) is 4.79. The molecule has 0 atom stereocenters. The molecule has 1 N–H and O–H groups in total. The van der Waals surface area contributed by atoms with Crippen LogP contribution in [-0.4, -0.2) is 28.4 Å². The normalized spacial score (nSPS) is 13.8. The molecule has 1 amide bonds. The average Bonchev–Trinajstić information content (AvgIpc) is 3.41. The SMILES string of the molecule is O=C(NCCOc1ccc(Br)cc1)c1c(C2CC2)nc2ccc(F)cn12. The van der Waals surface area contributed by atoms with Crippen LogP contribution in [0.25, 0.3) is 5.65 Å². The summed E-state index contributed by atoms with van der Waals surface area (Å²) >= 11 is 3.37. The number of carbonyl (C=O) groups is 1. The van der Waals surface area contributed by atoms with Gasteiger partial charge in [-0.25, -0.2) is 9.37 Å². The van der Waals surface area contributed by atoms with E-state index in [9.17, 15) is 9.18 Å². The Bertz CT molecular complexity index is 951. The lowest BCUT2D eigenvalue weighted by atomic mass is 10.2. The van der Waals surface area contributed by atoms with Crippen LogP contribution in [0.4, 0.5) is 4.39 Å². The number of imidazole rings is 1. The van der Waals surface area contributed by atoms with Crippen LogP contribution in [0.3, 0.4) is 0 Å². The molecule has 1 fully saturated rings. The smallest absolute Gasteiger partial charge is 0.270 e. The Kier molecular flexibility index (Phi) is 4.63. The summed E-state index contributed by atoms with van der Waals surface area (Å²) in [6.45, 7) is 0.693. The minimum absolute atomic E-state index is 0.260. The van der Waals surface area contributed by atoms with Crippen LogP contribution in [0.5, 0.6) is 5.75 Å². The zero-order valence-electron chi connectivity index (χ0n) is 13.9. The van der Waals surface area contributed by atoms with Crippen LogP contribution in [0, 0.1) is 5.82 Å². The van der Waals surface area contributed by atoms with E-state index in [0.717, 1.165) is 28.8 Å². The van der Waals surface area contributed by atoms with Crippen LogP contribution in [0.15, 0.2) is 47.1 Å². The number of ether oxygens (including phenoxy) is 1. The summed E-state index contributed by atoms with van der Waals surface area (Å²) in [4.78, 5) is 17.2. The van der Waals surface area contributed by atoms with Gasteiger partial charge in [-0.3, -0.25) is 9.20 Å². The lowest BCUT2D eigenvalue weighted by Gasteiger charge is -2.09. The van der Waals surface area contributed by atoms with Crippen LogP contribution in [0.2, 0.25) is 0 Å². The first kappa shape index (κ1) is 17.0. The number of carbonyl (C=O) groups excluding carboxylic acids is 1. The number of pyridine rings is 1. The Balaban J connectivity index is 1.45. The quantitative estimate of drug-likeness (QED) is 0.618. The van der Waals surface area contributed by atoms with Crippen molar-refractivity contribution < 1.29 is 13.9 Å². The molecule has 2 aromatic heterocycles. The number of hydrogen-bond acceptors (Lipinski definition) is 3. The molecular formula is C19H17BrFN3O2. The molecule has 1 aliphatic carbocycles. The minimum Gasteiger partial charge on any atom is -0.492 e. The van der Waals surface area contributed by atoms with Gasteiger partial charge in [-0.15, -0.1) is 0 Å². The highest BCUT2D eigenvalue weighted by atomic mass is 79.9. The number of nitrogens with one attached hydrogen (secondary N) is 1. The fourth-order valence-electron chi connectivity index (χ4n) is 2.85. The van der Waals surface area contributed by atoms with E-state index in [2.05, 4.69) is 26.2 Å². The van der Waals surface area contributed by atoms with E-state index in [1.165, 1.54) is 16.7 Å². The second kappa shape index (κ2) is 7.07. The van der Waals surface area contributed by atoms with Gasteiger partial charge in [0.2, 0.25) is 0 Å². The number of halogens is 2. The van der Waals surface area contributed by atoms with Gasteiger partial charge in [0.05, 0.1) is 12.2 Å². The van der Waals surface area contributed by atoms with E-state index in [1.54, 1.807) is 6.07 Å². The number of nitrogens with zero attached hydrogens (tertiary/aromatic N) is 2. The van der Waals surface area contributed by atoms with E-state index in [1.807, 2.05) is 24.3 Å². The fraction of sp³-hybridized carbons (Fsp3) is 0.263. The third-order valence-electron chi connectivity index (χ3n) is 4.26. The first-order valence-electron chi connectivity index (χ1n) is 8.46. The number of aromatic nitrogens is 2. The van der Waals surface area contributed by atoms with Gasteiger partial charge in [-0.05, 0) is 49.2 Å². The highest BCUT2D eigenvalue weighted by Gasteiger charge is 2.32. The zero-order valence-corrected chi connectivity index (χ0v) is 15.5. The molecule has 0 bridgehead atoms. The number of hydrogen-bond donors (Lipinski definition) is 1. The number of benzene rings is 1. The summed E-state index contributed by atoms with van der Waals surface area (Å²) in [7, 11) is 0. The molecular weight excluding hydrogens is 401 g/mol. The first-order valence-corrected chi connectivity index (χ1v) is 9.25. The summed E-state index contributed by atoms with van der Waals surface area (Å²) in [5, 5.41) is 2.84. The van der Waals surface area contributed by atoms with E-state index in [-0.39, 0.29) is 11.8 Å². The summed E-state index contributed by atoms with van der Waals surface area (Å²) in [5.74, 6) is 0.366. The largest absolute Gasteiger partial charge is 0.492 e. The van der Waals surface area contributed by atoms with Gasteiger partial charge in [-0.2, -0.15) is 0 Å². The lowest BCUT2D eigenvalue weighted by Crippen LogP contribution is -2.29. The highest BCUT2D eigenvalue weighted by molar-refractivity contribution is 9.10. The van der Waals surface area contributed by atoms with Crippen LogP contribution in [0.1, 0.15) is 34.9 Å².